The number of fused-ring (bicyclic) bond motifs is 1. The largest absolute Gasteiger partial charge is 0.507 e. The Morgan fingerprint density at radius 3 is 2.68 bits per heavy atom. The van der Waals surface area contributed by atoms with Crippen molar-refractivity contribution in [2.24, 2.45) is 0 Å². The third kappa shape index (κ3) is 5.34. The zero-order chi connectivity index (χ0) is 25.8. The van der Waals surface area contributed by atoms with Crippen molar-refractivity contribution in [2.75, 3.05) is 23.1 Å². The van der Waals surface area contributed by atoms with Gasteiger partial charge in [0.05, 0.1) is 29.2 Å². The van der Waals surface area contributed by atoms with Crippen LogP contribution in [-0.4, -0.2) is 32.8 Å². The summed E-state index contributed by atoms with van der Waals surface area (Å²) in [5, 5.41) is 23.8. The highest BCUT2D eigenvalue weighted by Gasteiger charge is 2.14. The molecular weight excluding hydrogens is 536 g/mol. The van der Waals surface area contributed by atoms with E-state index in [0.717, 1.165) is 10.0 Å². The first-order valence-corrected chi connectivity index (χ1v) is 12.2. The summed E-state index contributed by atoms with van der Waals surface area (Å²) >= 11 is 3.50. The Bertz CT molecular complexity index is 1590. The lowest BCUT2D eigenvalue weighted by Gasteiger charge is -2.13. The van der Waals surface area contributed by atoms with E-state index in [4.69, 9.17) is 4.74 Å². The molecule has 0 aliphatic carbocycles. The number of rotatable bonds is 7. The van der Waals surface area contributed by atoms with Crippen LogP contribution in [0.25, 0.3) is 16.9 Å². The standard InChI is InChI=1S/C27H23BrN6O3/c1-37-24-12-5-3-10-21(24)33-27(36)31-18-8-6-7-17(13-18)15-29-25-14-22(19-9-2-4-11-23(19)35)32-26-20(28)16-30-34(25)26/h2-14,16,29,35H,15H2,1H3,(H2,31,33,36). The second-order valence-corrected chi connectivity index (χ2v) is 8.96. The maximum atomic E-state index is 12.6. The number of anilines is 3. The fraction of sp³-hybridized carbons (Fsp3) is 0.0741. The summed E-state index contributed by atoms with van der Waals surface area (Å²) in [5.41, 5.74) is 4.00. The number of hydrogen-bond acceptors (Lipinski definition) is 6. The third-order valence-electron chi connectivity index (χ3n) is 5.62. The average molecular weight is 559 g/mol. The summed E-state index contributed by atoms with van der Waals surface area (Å²) in [7, 11) is 1.55. The number of ether oxygens (including phenoxy) is 1. The fourth-order valence-electron chi connectivity index (χ4n) is 3.87. The quantitative estimate of drug-likeness (QED) is 0.191. The monoisotopic (exact) mass is 558 g/mol. The van der Waals surface area contributed by atoms with E-state index in [-0.39, 0.29) is 11.8 Å². The van der Waals surface area contributed by atoms with Crippen LogP contribution in [0.5, 0.6) is 11.5 Å². The molecule has 5 rings (SSSR count). The lowest BCUT2D eigenvalue weighted by atomic mass is 10.1. The first-order chi connectivity index (χ1) is 18.0. The van der Waals surface area contributed by atoms with Gasteiger partial charge in [-0.15, -0.1) is 0 Å². The van der Waals surface area contributed by atoms with Crippen molar-refractivity contribution in [3.05, 3.63) is 95.1 Å². The molecule has 3 aromatic carbocycles. The molecule has 0 spiro atoms. The van der Waals surface area contributed by atoms with E-state index in [9.17, 15) is 9.90 Å². The van der Waals surface area contributed by atoms with Crippen molar-refractivity contribution < 1.29 is 14.6 Å². The number of phenols is 1. The van der Waals surface area contributed by atoms with Crippen LogP contribution in [-0.2, 0) is 6.54 Å². The summed E-state index contributed by atoms with van der Waals surface area (Å²) in [6, 6.07) is 23.3. The lowest BCUT2D eigenvalue weighted by molar-refractivity contribution is 0.262. The first kappa shape index (κ1) is 24.1. The highest BCUT2D eigenvalue weighted by Crippen LogP contribution is 2.31. The summed E-state index contributed by atoms with van der Waals surface area (Å²) < 4.78 is 7.71. The second kappa shape index (κ2) is 10.6. The van der Waals surface area contributed by atoms with Gasteiger partial charge in [0.15, 0.2) is 5.65 Å². The van der Waals surface area contributed by atoms with E-state index in [1.54, 1.807) is 42.1 Å². The van der Waals surface area contributed by atoms with Gasteiger partial charge >= 0.3 is 6.03 Å². The molecule has 0 saturated carbocycles. The molecule has 2 aromatic heterocycles. The molecule has 5 aromatic rings. The van der Waals surface area contributed by atoms with Crippen molar-refractivity contribution in [2.45, 2.75) is 6.54 Å². The summed E-state index contributed by atoms with van der Waals surface area (Å²) in [4.78, 5) is 17.2. The Labute approximate surface area is 221 Å². The summed E-state index contributed by atoms with van der Waals surface area (Å²) in [5.74, 6) is 1.42. The van der Waals surface area contributed by atoms with E-state index in [1.807, 2.05) is 54.6 Å². The second-order valence-electron chi connectivity index (χ2n) is 8.11. The van der Waals surface area contributed by atoms with Gasteiger partial charge in [-0.05, 0) is 57.9 Å². The molecule has 0 fully saturated rings. The van der Waals surface area contributed by atoms with Crippen LogP contribution >= 0.6 is 15.9 Å². The van der Waals surface area contributed by atoms with Crippen LogP contribution < -0.4 is 20.7 Å². The Morgan fingerprint density at radius 2 is 1.84 bits per heavy atom. The van der Waals surface area contributed by atoms with Crippen LogP contribution in [0.3, 0.4) is 0 Å². The number of aromatic nitrogens is 3. The highest BCUT2D eigenvalue weighted by molar-refractivity contribution is 9.10. The Hall–Kier alpha value is -4.57. The number of carbonyl (C=O) groups is 1. The van der Waals surface area contributed by atoms with Gasteiger partial charge in [-0.2, -0.15) is 9.61 Å². The van der Waals surface area contributed by atoms with E-state index in [2.05, 4.69) is 42.0 Å². The van der Waals surface area contributed by atoms with Gasteiger partial charge in [0.1, 0.15) is 17.3 Å². The minimum absolute atomic E-state index is 0.145. The maximum Gasteiger partial charge on any atom is 0.323 e. The molecule has 4 N–H and O–H groups in total. The van der Waals surface area contributed by atoms with Gasteiger partial charge < -0.3 is 25.8 Å². The molecule has 0 saturated heterocycles. The van der Waals surface area contributed by atoms with Crippen molar-refractivity contribution in [1.29, 1.82) is 0 Å². The minimum Gasteiger partial charge on any atom is -0.507 e. The minimum atomic E-state index is -0.376. The van der Waals surface area contributed by atoms with Crippen LogP contribution in [0, 0.1) is 0 Å². The molecule has 186 valence electrons. The number of para-hydroxylation sites is 3. The van der Waals surface area contributed by atoms with Crippen LogP contribution in [0.4, 0.5) is 22.0 Å². The van der Waals surface area contributed by atoms with Crippen molar-refractivity contribution >= 4 is 44.8 Å². The molecule has 37 heavy (non-hydrogen) atoms. The van der Waals surface area contributed by atoms with Gasteiger partial charge in [-0.1, -0.05) is 36.4 Å². The van der Waals surface area contributed by atoms with Crippen LogP contribution in [0.2, 0.25) is 0 Å². The van der Waals surface area contributed by atoms with Gasteiger partial charge in [0.25, 0.3) is 0 Å². The number of aromatic hydroxyl groups is 1. The normalized spacial score (nSPS) is 10.8. The molecule has 0 unspecified atom stereocenters. The predicted octanol–water partition coefficient (Wildman–Crippen LogP) is 6.13. The van der Waals surface area contributed by atoms with Crippen molar-refractivity contribution in [3.8, 4) is 22.8 Å². The van der Waals surface area contributed by atoms with Crippen LogP contribution in [0.1, 0.15) is 5.56 Å². The Balaban J connectivity index is 1.34. The number of benzene rings is 3. The number of phenolic OH excluding ortho intramolecular Hbond substituents is 1. The topological polar surface area (TPSA) is 113 Å². The number of halogens is 1. The van der Waals surface area contributed by atoms with E-state index in [1.165, 1.54) is 0 Å². The molecule has 0 bridgehead atoms. The van der Waals surface area contributed by atoms with Gasteiger partial charge in [0.2, 0.25) is 0 Å². The molecular formula is C27H23BrN6O3. The lowest BCUT2D eigenvalue weighted by Crippen LogP contribution is -2.20. The molecule has 2 amide bonds. The van der Waals surface area contributed by atoms with Crippen molar-refractivity contribution in [1.82, 2.24) is 14.6 Å². The van der Waals surface area contributed by atoms with E-state index in [0.29, 0.717) is 46.4 Å². The number of amides is 2. The number of urea groups is 1. The third-order valence-corrected chi connectivity index (χ3v) is 6.18. The Morgan fingerprint density at radius 1 is 1.03 bits per heavy atom. The predicted molar refractivity (Wildman–Crippen MR) is 147 cm³/mol. The molecule has 2 heterocycles. The number of carbonyl (C=O) groups excluding carboxylic acids is 1. The smallest absolute Gasteiger partial charge is 0.323 e. The van der Waals surface area contributed by atoms with Crippen molar-refractivity contribution in [3.63, 3.8) is 0 Å². The van der Waals surface area contributed by atoms with Gasteiger partial charge in [-0.3, -0.25) is 0 Å². The van der Waals surface area contributed by atoms with Gasteiger partial charge in [-0.25, -0.2) is 9.78 Å². The molecule has 0 aliphatic heterocycles. The number of nitrogens with zero attached hydrogens (tertiary/aromatic N) is 3. The number of nitrogens with one attached hydrogen (secondary N) is 3. The number of methoxy groups -OCH3 is 1. The van der Waals surface area contributed by atoms with Crippen LogP contribution in [0.15, 0.2) is 89.5 Å². The number of hydrogen-bond donors (Lipinski definition) is 4. The van der Waals surface area contributed by atoms with E-state index < -0.39 is 0 Å². The first-order valence-electron chi connectivity index (χ1n) is 11.4. The summed E-state index contributed by atoms with van der Waals surface area (Å²) in [6.07, 6.45) is 1.67. The molecule has 10 heteroatoms. The molecule has 9 nitrogen and oxygen atoms in total. The molecule has 0 aliphatic rings. The summed E-state index contributed by atoms with van der Waals surface area (Å²) in [6.45, 7) is 0.459. The molecule has 0 atom stereocenters. The zero-order valence-corrected chi connectivity index (χ0v) is 21.4. The molecule has 0 radical (unpaired) electrons. The average Bonchev–Trinajstić information content (AvgIpc) is 3.28. The fourth-order valence-corrected chi connectivity index (χ4v) is 4.22. The van der Waals surface area contributed by atoms with E-state index >= 15 is 0 Å². The SMILES string of the molecule is COc1ccccc1NC(=O)Nc1cccc(CNc2cc(-c3ccccc3O)nc3c(Br)cnn23)c1. The maximum absolute atomic E-state index is 12.6. The Kier molecular flexibility index (Phi) is 6.91. The zero-order valence-electron chi connectivity index (χ0n) is 19.8. The van der Waals surface area contributed by atoms with Gasteiger partial charge in [0, 0.05) is 23.9 Å². The highest BCUT2D eigenvalue weighted by atomic mass is 79.9.